The van der Waals surface area contributed by atoms with E-state index in [9.17, 15) is 9.70 Å². The molecule has 0 saturated heterocycles. The minimum atomic E-state index is -0.451. The fraction of sp³-hybridized carbons (Fsp3) is 0.375. The van der Waals surface area contributed by atoms with E-state index < -0.39 is 6.04 Å². The number of Topliss-reactive ketones (excluding diaryl/α,β-unsaturated/α-hetero) is 1. The first kappa shape index (κ1) is 7.85. The Hall–Kier alpha value is -1.25. The van der Waals surface area contributed by atoms with Crippen LogP contribution in [0.25, 0.3) is 0 Å². The van der Waals surface area contributed by atoms with Gasteiger partial charge in [-0.3, -0.25) is 4.79 Å². The molecule has 0 aromatic carbocycles. The van der Waals surface area contributed by atoms with Crippen LogP contribution in [0.15, 0.2) is 28.5 Å². The van der Waals surface area contributed by atoms with Crippen molar-refractivity contribution >= 4 is 5.78 Å². The Morgan fingerprint density at radius 2 is 1.73 bits per heavy atom. The zero-order valence-corrected chi connectivity index (χ0v) is 6.50. The Kier molecular flexibility index (Phi) is 1.98. The molecule has 0 spiro atoms. The van der Waals surface area contributed by atoms with Crippen molar-refractivity contribution < 1.29 is 4.79 Å². The first-order valence-electron chi connectivity index (χ1n) is 3.39. The fourth-order valence-corrected chi connectivity index (χ4v) is 1.08. The number of nitroso groups, excluding NO2 is 1. The first-order chi connectivity index (χ1) is 5.15. The molecule has 0 aromatic heterocycles. The van der Waals surface area contributed by atoms with Gasteiger partial charge in [-0.2, -0.15) is 0 Å². The van der Waals surface area contributed by atoms with E-state index in [1.54, 1.807) is 26.0 Å². The van der Waals surface area contributed by atoms with Crippen molar-refractivity contribution in [3.05, 3.63) is 28.2 Å². The molecule has 0 amide bonds. The second-order valence-corrected chi connectivity index (χ2v) is 2.62. The van der Waals surface area contributed by atoms with E-state index in [1.165, 1.54) is 0 Å². The topological polar surface area (TPSA) is 46.5 Å². The lowest BCUT2D eigenvalue weighted by Crippen LogP contribution is -2.12. The van der Waals surface area contributed by atoms with Crippen LogP contribution in [-0.4, -0.2) is 11.8 Å². The van der Waals surface area contributed by atoms with Gasteiger partial charge in [0.05, 0.1) is 0 Å². The standard InChI is InChI=1S/C8H9NO2/c1-5-3-7(9-11)4-6(2)8(5)10/h3-4,7H,1-2H3. The second-order valence-electron chi connectivity index (χ2n) is 2.62. The molecule has 0 saturated carbocycles. The highest BCUT2D eigenvalue weighted by atomic mass is 16.3. The van der Waals surface area contributed by atoms with Crippen LogP contribution in [0.5, 0.6) is 0 Å². The van der Waals surface area contributed by atoms with Crippen LogP contribution in [0.3, 0.4) is 0 Å². The number of nitrogens with zero attached hydrogens (tertiary/aromatic N) is 1. The largest absolute Gasteiger partial charge is 0.289 e. The number of carbonyl (C=O) groups excluding carboxylic acids is 1. The number of allylic oxidation sites excluding steroid dienone is 2. The Bertz CT molecular complexity index is 241. The molecule has 1 aliphatic rings. The van der Waals surface area contributed by atoms with Crippen LogP contribution >= 0.6 is 0 Å². The molecular weight excluding hydrogens is 142 g/mol. The summed E-state index contributed by atoms with van der Waals surface area (Å²) in [6.07, 6.45) is 3.14. The molecular formula is C8H9NO2. The predicted octanol–water partition coefficient (Wildman–Crippen LogP) is 1.60. The molecule has 0 aliphatic heterocycles. The van der Waals surface area contributed by atoms with Crippen LogP contribution in [0.4, 0.5) is 0 Å². The third-order valence-corrected chi connectivity index (χ3v) is 1.68. The van der Waals surface area contributed by atoms with E-state index in [0.717, 1.165) is 0 Å². The molecule has 11 heavy (non-hydrogen) atoms. The van der Waals surface area contributed by atoms with Crippen LogP contribution in [0.2, 0.25) is 0 Å². The van der Waals surface area contributed by atoms with E-state index in [-0.39, 0.29) is 5.78 Å². The van der Waals surface area contributed by atoms with Gasteiger partial charge in [-0.05, 0) is 37.1 Å². The Balaban J connectivity index is 2.96. The minimum absolute atomic E-state index is 0.00454. The minimum Gasteiger partial charge on any atom is -0.289 e. The van der Waals surface area contributed by atoms with Gasteiger partial charge in [0.2, 0.25) is 0 Å². The quantitative estimate of drug-likeness (QED) is 0.534. The summed E-state index contributed by atoms with van der Waals surface area (Å²) in [6.45, 7) is 3.38. The van der Waals surface area contributed by atoms with Crippen LogP contribution < -0.4 is 0 Å². The molecule has 1 rings (SSSR count). The number of hydrogen-bond acceptors (Lipinski definition) is 3. The van der Waals surface area contributed by atoms with Gasteiger partial charge in [0.1, 0.15) is 6.04 Å². The average Bonchev–Trinajstić information content (AvgIpc) is 1.99. The molecule has 0 N–H and O–H groups in total. The maximum absolute atomic E-state index is 11.1. The maximum atomic E-state index is 11.1. The summed E-state index contributed by atoms with van der Waals surface area (Å²) >= 11 is 0. The van der Waals surface area contributed by atoms with Crippen LogP contribution in [0.1, 0.15) is 13.8 Å². The van der Waals surface area contributed by atoms with Gasteiger partial charge in [-0.1, -0.05) is 5.18 Å². The van der Waals surface area contributed by atoms with Gasteiger partial charge in [-0.15, -0.1) is 4.91 Å². The van der Waals surface area contributed by atoms with Crippen molar-refractivity contribution in [3.8, 4) is 0 Å². The van der Waals surface area contributed by atoms with E-state index >= 15 is 0 Å². The fourth-order valence-electron chi connectivity index (χ4n) is 1.08. The van der Waals surface area contributed by atoms with E-state index in [1.807, 2.05) is 0 Å². The molecule has 0 bridgehead atoms. The molecule has 1 aliphatic carbocycles. The van der Waals surface area contributed by atoms with Gasteiger partial charge in [0.25, 0.3) is 0 Å². The number of hydrogen-bond donors (Lipinski definition) is 0. The normalized spacial score (nSPS) is 19.3. The zero-order chi connectivity index (χ0) is 8.43. The lowest BCUT2D eigenvalue weighted by atomic mass is 9.97. The summed E-state index contributed by atoms with van der Waals surface area (Å²) in [5.74, 6) is 0.00454. The predicted molar refractivity (Wildman–Crippen MR) is 42.1 cm³/mol. The summed E-state index contributed by atoms with van der Waals surface area (Å²) in [4.78, 5) is 21.2. The molecule has 0 heterocycles. The van der Waals surface area contributed by atoms with Gasteiger partial charge in [0.15, 0.2) is 5.78 Å². The molecule has 3 nitrogen and oxygen atoms in total. The Morgan fingerprint density at radius 3 is 2.09 bits per heavy atom. The average molecular weight is 151 g/mol. The SMILES string of the molecule is CC1=CC(N=O)C=C(C)C1=O. The molecule has 0 aromatic rings. The molecule has 0 radical (unpaired) electrons. The number of ketones is 1. The van der Waals surface area contributed by atoms with Crippen LogP contribution in [-0.2, 0) is 4.79 Å². The lowest BCUT2D eigenvalue weighted by Gasteiger charge is -2.09. The third kappa shape index (κ3) is 1.42. The summed E-state index contributed by atoms with van der Waals surface area (Å²) < 4.78 is 0. The molecule has 0 atom stereocenters. The van der Waals surface area contributed by atoms with E-state index in [0.29, 0.717) is 11.1 Å². The maximum Gasteiger partial charge on any atom is 0.183 e. The van der Waals surface area contributed by atoms with Gasteiger partial charge in [0, 0.05) is 0 Å². The summed E-state index contributed by atoms with van der Waals surface area (Å²) in [5, 5.41) is 2.83. The smallest absolute Gasteiger partial charge is 0.183 e. The van der Waals surface area contributed by atoms with Crippen molar-refractivity contribution in [2.45, 2.75) is 19.9 Å². The van der Waals surface area contributed by atoms with E-state index in [2.05, 4.69) is 5.18 Å². The highest BCUT2D eigenvalue weighted by Crippen LogP contribution is 2.15. The second kappa shape index (κ2) is 2.78. The molecule has 58 valence electrons. The van der Waals surface area contributed by atoms with Crippen molar-refractivity contribution in [1.82, 2.24) is 0 Å². The zero-order valence-electron chi connectivity index (χ0n) is 6.50. The van der Waals surface area contributed by atoms with Crippen LogP contribution in [0, 0.1) is 4.91 Å². The van der Waals surface area contributed by atoms with Crippen molar-refractivity contribution in [3.63, 3.8) is 0 Å². The monoisotopic (exact) mass is 151 g/mol. The highest BCUT2D eigenvalue weighted by Gasteiger charge is 2.16. The van der Waals surface area contributed by atoms with Crippen molar-refractivity contribution in [2.75, 3.05) is 0 Å². The highest BCUT2D eigenvalue weighted by molar-refractivity contribution is 6.08. The van der Waals surface area contributed by atoms with Crippen molar-refractivity contribution in [1.29, 1.82) is 0 Å². The molecule has 0 fully saturated rings. The molecule has 0 unspecified atom stereocenters. The Morgan fingerprint density at radius 1 is 1.27 bits per heavy atom. The number of rotatable bonds is 1. The van der Waals surface area contributed by atoms with E-state index in [4.69, 9.17) is 0 Å². The number of carbonyl (C=O) groups is 1. The summed E-state index contributed by atoms with van der Waals surface area (Å²) in [5.41, 5.74) is 1.21. The van der Waals surface area contributed by atoms with Gasteiger partial charge < -0.3 is 0 Å². The summed E-state index contributed by atoms with van der Waals surface area (Å²) in [6, 6.07) is -0.451. The third-order valence-electron chi connectivity index (χ3n) is 1.68. The van der Waals surface area contributed by atoms with Gasteiger partial charge >= 0.3 is 0 Å². The van der Waals surface area contributed by atoms with Crippen molar-refractivity contribution in [2.24, 2.45) is 5.18 Å². The van der Waals surface area contributed by atoms with Gasteiger partial charge in [-0.25, -0.2) is 0 Å². The molecule has 3 heteroatoms. The lowest BCUT2D eigenvalue weighted by molar-refractivity contribution is -0.112. The summed E-state index contributed by atoms with van der Waals surface area (Å²) in [7, 11) is 0. The first-order valence-corrected chi connectivity index (χ1v) is 3.39. The Labute approximate surface area is 64.8 Å².